The van der Waals surface area contributed by atoms with Gasteiger partial charge in [-0.05, 0) is 48.7 Å². The maximum atomic E-state index is 11.0. The number of likely N-dealkylation sites (N-methyl/N-ethyl adjacent to an activating group) is 1. The first-order valence-electron chi connectivity index (χ1n) is 7.99. The molecule has 0 radical (unpaired) electrons. The van der Waals surface area contributed by atoms with E-state index in [1.807, 2.05) is 24.3 Å². The number of rotatable bonds is 6. The van der Waals surface area contributed by atoms with Crippen LogP contribution in [0.4, 0.5) is 17.1 Å². The maximum Gasteiger partial charge on any atom is 0.0896 e. The molecule has 25 heavy (non-hydrogen) atoms. The number of aliphatic hydroxyl groups excluding tert-OH is 1. The Bertz CT molecular complexity index is 747. The predicted octanol–water partition coefficient (Wildman–Crippen LogP) is 3.85. The van der Waals surface area contributed by atoms with E-state index >= 15 is 0 Å². The molecule has 0 fully saturated rings. The van der Waals surface area contributed by atoms with Crippen molar-refractivity contribution in [1.82, 2.24) is 5.32 Å². The van der Waals surface area contributed by atoms with E-state index in [-0.39, 0.29) is 0 Å². The van der Waals surface area contributed by atoms with Gasteiger partial charge in [0.05, 0.1) is 28.2 Å². The molecule has 0 saturated heterocycles. The minimum atomic E-state index is -3.32. The number of hydrogen-bond donors (Lipinski definition) is 4. The number of anilines is 3. The fourth-order valence-corrected chi connectivity index (χ4v) is 5.01. The summed E-state index contributed by atoms with van der Waals surface area (Å²) in [5, 5.41) is 13.3. The molecule has 0 saturated carbocycles. The highest BCUT2D eigenvalue weighted by atomic mass is 35.5. The minimum absolute atomic E-state index is 0.309. The Kier molecular flexibility index (Phi) is 5.43. The highest BCUT2D eigenvalue weighted by Gasteiger charge is 2.42. The molecule has 0 amide bonds. The SMILES string of the molecule is CNC[C@@H](O)CCN1c2ccccc2N(c2ccccc2Cl)S1(O)O. The third-order valence-electron chi connectivity index (χ3n) is 4.09. The zero-order valence-corrected chi connectivity index (χ0v) is 15.4. The second kappa shape index (κ2) is 7.41. The number of nitrogens with one attached hydrogen (secondary N) is 1. The molecule has 8 heteroatoms. The summed E-state index contributed by atoms with van der Waals surface area (Å²) in [6.07, 6.45) is -0.164. The maximum absolute atomic E-state index is 11.0. The first-order valence-corrected chi connectivity index (χ1v) is 9.83. The summed E-state index contributed by atoms with van der Waals surface area (Å²) in [5.41, 5.74) is 1.92. The average Bonchev–Trinajstić information content (AvgIpc) is 2.80. The van der Waals surface area contributed by atoms with Gasteiger partial charge in [-0.3, -0.25) is 13.4 Å². The minimum Gasteiger partial charge on any atom is -0.392 e. The molecule has 136 valence electrons. The van der Waals surface area contributed by atoms with Crippen molar-refractivity contribution in [2.45, 2.75) is 12.5 Å². The summed E-state index contributed by atoms with van der Waals surface area (Å²) in [7, 11) is -1.56. The molecule has 0 aromatic heterocycles. The van der Waals surface area contributed by atoms with E-state index in [1.165, 1.54) is 4.31 Å². The zero-order chi connectivity index (χ0) is 18.0. The summed E-state index contributed by atoms with van der Waals surface area (Å²) < 4.78 is 25.0. The van der Waals surface area contributed by atoms with Crippen molar-refractivity contribution >= 4 is 39.6 Å². The summed E-state index contributed by atoms with van der Waals surface area (Å²) in [6.45, 7) is 0.756. The van der Waals surface area contributed by atoms with Crippen molar-refractivity contribution in [2.24, 2.45) is 0 Å². The Morgan fingerprint density at radius 1 is 1.04 bits per heavy atom. The van der Waals surface area contributed by atoms with E-state index in [1.54, 1.807) is 35.6 Å². The van der Waals surface area contributed by atoms with Crippen molar-refractivity contribution < 1.29 is 14.2 Å². The van der Waals surface area contributed by atoms with E-state index in [2.05, 4.69) is 5.32 Å². The first-order chi connectivity index (χ1) is 12.0. The Balaban J connectivity index is 1.97. The topological polar surface area (TPSA) is 79.2 Å². The molecule has 6 nitrogen and oxygen atoms in total. The largest absolute Gasteiger partial charge is 0.392 e. The molecule has 3 rings (SSSR count). The highest BCUT2D eigenvalue weighted by Crippen LogP contribution is 2.64. The van der Waals surface area contributed by atoms with Gasteiger partial charge in [0.2, 0.25) is 0 Å². The molecule has 2 aromatic rings. The molecule has 0 spiro atoms. The Labute approximate surface area is 154 Å². The highest BCUT2D eigenvalue weighted by molar-refractivity contribution is 8.27. The molecule has 0 bridgehead atoms. The van der Waals surface area contributed by atoms with Crippen LogP contribution in [-0.4, -0.2) is 40.5 Å². The summed E-state index contributed by atoms with van der Waals surface area (Å²) in [5.74, 6) is 0. The van der Waals surface area contributed by atoms with E-state index in [0.717, 1.165) is 0 Å². The number of nitrogens with zero attached hydrogens (tertiary/aromatic N) is 2. The number of benzene rings is 2. The normalized spacial score (nSPS) is 18.1. The van der Waals surface area contributed by atoms with Crippen LogP contribution < -0.4 is 13.9 Å². The molecule has 1 atom stereocenters. The van der Waals surface area contributed by atoms with E-state index < -0.39 is 17.1 Å². The lowest BCUT2D eigenvalue weighted by Gasteiger charge is -2.44. The standard InChI is InChI=1S/C17H22ClN3O3S/c1-19-12-13(22)10-11-20-16-8-4-5-9-17(16)21(25(20,23)24)15-7-3-2-6-14(15)18/h2-9,13,19,22-24H,10-12H2,1H3/t13-/m0/s1. The molecule has 1 aliphatic rings. The van der Waals surface area contributed by atoms with Crippen molar-refractivity contribution in [3.8, 4) is 0 Å². The fraction of sp³-hybridized carbons (Fsp3) is 0.294. The fourth-order valence-electron chi connectivity index (χ4n) is 2.93. The van der Waals surface area contributed by atoms with Crippen molar-refractivity contribution in [3.05, 3.63) is 53.6 Å². The lowest BCUT2D eigenvalue weighted by molar-refractivity contribution is 0.167. The molecule has 1 aliphatic heterocycles. The van der Waals surface area contributed by atoms with Crippen LogP contribution in [0, 0.1) is 0 Å². The van der Waals surface area contributed by atoms with Crippen LogP contribution in [0.1, 0.15) is 6.42 Å². The molecule has 2 aromatic carbocycles. The Morgan fingerprint density at radius 3 is 2.28 bits per heavy atom. The van der Waals surface area contributed by atoms with Gasteiger partial charge in [0, 0.05) is 13.1 Å². The number of aliphatic hydroxyl groups is 1. The first kappa shape index (κ1) is 18.3. The van der Waals surface area contributed by atoms with Crippen LogP contribution in [0.5, 0.6) is 0 Å². The smallest absolute Gasteiger partial charge is 0.0896 e. The zero-order valence-electron chi connectivity index (χ0n) is 13.8. The van der Waals surface area contributed by atoms with Gasteiger partial charge in [-0.1, -0.05) is 35.9 Å². The lowest BCUT2D eigenvalue weighted by Crippen LogP contribution is -2.34. The quantitative estimate of drug-likeness (QED) is 0.606. The van der Waals surface area contributed by atoms with Gasteiger partial charge in [-0.2, -0.15) is 0 Å². The monoisotopic (exact) mass is 383 g/mol. The van der Waals surface area contributed by atoms with Crippen LogP contribution >= 0.6 is 22.6 Å². The van der Waals surface area contributed by atoms with Crippen LogP contribution in [0.3, 0.4) is 0 Å². The van der Waals surface area contributed by atoms with Crippen molar-refractivity contribution in [1.29, 1.82) is 0 Å². The van der Waals surface area contributed by atoms with Crippen LogP contribution in [0.2, 0.25) is 5.02 Å². The van der Waals surface area contributed by atoms with Crippen molar-refractivity contribution in [3.63, 3.8) is 0 Å². The number of hydrogen-bond acceptors (Lipinski definition) is 6. The molecular weight excluding hydrogens is 362 g/mol. The second-order valence-corrected chi connectivity index (χ2v) is 8.02. The van der Waals surface area contributed by atoms with Gasteiger partial charge in [0.1, 0.15) is 0 Å². The summed E-state index contributed by atoms with van der Waals surface area (Å²) >= 11 is 6.30. The van der Waals surface area contributed by atoms with Crippen molar-refractivity contribution in [2.75, 3.05) is 28.7 Å². The van der Waals surface area contributed by atoms with Gasteiger partial charge in [0.25, 0.3) is 0 Å². The van der Waals surface area contributed by atoms with E-state index in [0.29, 0.717) is 41.6 Å². The molecule has 0 aliphatic carbocycles. The molecule has 1 heterocycles. The molecular formula is C17H22ClN3O3S. The predicted molar refractivity (Wildman–Crippen MR) is 105 cm³/mol. The number of fused-ring (bicyclic) bond motifs is 1. The van der Waals surface area contributed by atoms with E-state index in [9.17, 15) is 14.2 Å². The molecule has 4 N–H and O–H groups in total. The van der Waals surface area contributed by atoms with Gasteiger partial charge in [-0.25, -0.2) is 4.31 Å². The molecule has 0 unspecified atom stereocenters. The van der Waals surface area contributed by atoms with Crippen LogP contribution in [0.15, 0.2) is 48.5 Å². The third kappa shape index (κ3) is 3.44. The number of para-hydroxylation sites is 3. The van der Waals surface area contributed by atoms with Gasteiger partial charge < -0.3 is 10.4 Å². The number of halogens is 1. The Hall–Kier alpha value is -1.48. The summed E-state index contributed by atoms with van der Waals surface area (Å²) in [4.78, 5) is 0. The third-order valence-corrected chi connectivity index (χ3v) is 6.26. The summed E-state index contributed by atoms with van der Waals surface area (Å²) in [6, 6.07) is 14.4. The second-order valence-electron chi connectivity index (χ2n) is 5.83. The lowest BCUT2D eigenvalue weighted by atomic mass is 10.2. The van der Waals surface area contributed by atoms with Gasteiger partial charge in [-0.15, -0.1) is 0 Å². The Morgan fingerprint density at radius 2 is 1.64 bits per heavy atom. The van der Waals surface area contributed by atoms with Gasteiger partial charge in [0.15, 0.2) is 0 Å². The van der Waals surface area contributed by atoms with Crippen LogP contribution in [0.25, 0.3) is 0 Å². The van der Waals surface area contributed by atoms with Gasteiger partial charge >= 0.3 is 0 Å². The average molecular weight is 384 g/mol. The van der Waals surface area contributed by atoms with Crippen LogP contribution in [-0.2, 0) is 0 Å². The van der Waals surface area contributed by atoms with E-state index in [4.69, 9.17) is 11.6 Å².